The third-order valence-electron chi connectivity index (χ3n) is 4.89. The molecule has 1 aromatic carbocycles. The molecule has 0 aliphatic carbocycles. The third kappa shape index (κ3) is 4.42. The molecule has 0 spiro atoms. The average molecular weight is 308 g/mol. The quantitative estimate of drug-likeness (QED) is 0.795. The maximum atomic E-state index is 4.55. The molecule has 2 heteroatoms. The fraction of sp³-hybridized carbons (Fsp3) is 0.476. The number of benzene rings is 1. The summed E-state index contributed by atoms with van der Waals surface area (Å²) in [4.78, 5) is 7.19. The monoisotopic (exact) mass is 308 g/mol. The molecule has 1 aromatic heterocycles. The van der Waals surface area contributed by atoms with Crippen LogP contribution in [0.1, 0.15) is 54.1 Å². The number of rotatable bonds is 5. The van der Waals surface area contributed by atoms with Crippen LogP contribution in [0.4, 0.5) is 0 Å². The highest BCUT2D eigenvalue weighted by atomic mass is 15.1. The van der Waals surface area contributed by atoms with Gasteiger partial charge in [0, 0.05) is 17.3 Å². The Balaban J connectivity index is 1.81. The maximum Gasteiger partial charge on any atom is 0.0378 e. The second-order valence-electron chi connectivity index (χ2n) is 6.84. The van der Waals surface area contributed by atoms with Gasteiger partial charge in [0.15, 0.2) is 0 Å². The molecule has 1 aliphatic heterocycles. The summed E-state index contributed by atoms with van der Waals surface area (Å²) in [6.45, 7) is 7.94. The Morgan fingerprint density at radius 2 is 1.57 bits per heavy atom. The lowest BCUT2D eigenvalue weighted by atomic mass is 9.88. The molecule has 2 heterocycles. The lowest BCUT2D eigenvalue weighted by Crippen LogP contribution is -2.31. The van der Waals surface area contributed by atoms with Crippen LogP contribution in [0.2, 0.25) is 0 Å². The first kappa shape index (κ1) is 16.2. The molecule has 0 bridgehead atoms. The topological polar surface area (TPSA) is 16.1 Å². The highest BCUT2D eigenvalue weighted by Gasteiger charge is 2.18. The van der Waals surface area contributed by atoms with Crippen molar-refractivity contribution in [1.29, 1.82) is 0 Å². The van der Waals surface area contributed by atoms with E-state index in [0.29, 0.717) is 5.92 Å². The van der Waals surface area contributed by atoms with Crippen molar-refractivity contribution in [3.8, 4) is 0 Å². The van der Waals surface area contributed by atoms with Gasteiger partial charge < -0.3 is 4.90 Å². The predicted octanol–water partition coefficient (Wildman–Crippen LogP) is 4.71. The summed E-state index contributed by atoms with van der Waals surface area (Å²) < 4.78 is 0. The maximum absolute atomic E-state index is 4.55. The zero-order chi connectivity index (χ0) is 16.1. The molecule has 122 valence electrons. The van der Waals surface area contributed by atoms with Gasteiger partial charge in [0.25, 0.3) is 0 Å². The highest BCUT2D eigenvalue weighted by molar-refractivity contribution is 5.34. The van der Waals surface area contributed by atoms with E-state index in [-0.39, 0.29) is 0 Å². The van der Waals surface area contributed by atoms with Crippen molar-refractivity contribution in [3.05, 3.63) is 65.0 Å². The van der Waals surface area contributed by atoms with Crippen molar-refractivity contribution in [3.63, 3.8) is 0 Å². The largest absolute Gasteiger partial charge is 0.303 e. The smallest absolute Gasteiger partial charge is 0.0378 e. The summed E-state index contributed by atoms with van der Waals surface area (Å²) in [6, 6.07) is 15.5. The summed E-state index contributed by atoms with van der Waals surface area (Å²) in [5.74, 6) is 0.471. The Kier molecular flexibility index (Phi) is 5.45. The van der Waals surface area contributed by atoms with Crippen molar-refractivity contribution in [2.75, 3.05) is 19.6 Å². The molecule has 1 unspecified atom stereocenters. The van der Waals surface area contributed by atoms with Crippen LogP contribution in [0.15, 0.2) is 42.5 Å². The second kappa shape index (κ2) is 7.74. The molecule has 1 aliphatic rings. The Labute approximate surface area is 140 Å². The molecular formula is C21H28N2. The van der Waals surface area contributed by atoms with Gasteiger partial charge in [0.05, 0.1) is 0 Å². The normalized spacial score (nSPS) is 17.1. The molecule has 1 fully saturated rings. The first-order valence-electron chi connectivity index (χ1n) is 8.95. The predicted molar refractivity (Wildman–Crippen MR) is 96.9 cm³/mol. The van der Waals surface area contributed by atoms with Crippen LogP contribution in [0.5, 0.6) is 0 Å². The fourth-order valence-electron chi connectivity index (χ4n) is 3.77. The van der Waals surface area contributed by atoms with E-state index in [9.17, 15) is 0 Å². The van der Waals surface area contributed by atoms with Crippen molar-refractivity contribution in [2.24, 2.45) is 0 Å². The van der Waals surface area contributed by atoms with E-state index in [1.165, 1.54) is 56.4 Å². The van der Waals surface area contributed by atoms with Crippen LogP contribution in [0, 0.1) is 13.8 Å². The number of likely N-dealkylation sites (tertiary alicyclic amines) is 1. The number of aromatic nitrogens is 1. The summed E-state index contributed by atoms with van der Waals surface area (Å²) >= 11 is 0. The van der Waals surface area contributed by atoms with Gasteiger partial charge in [-0.3, -0.25) is 4.98 Å². The first-order valence-corrected chi connectivity index (χ1v) is 8.95. The van der Waals surface area contributed by atoms with Crippen LogP contribution >= 0.6 is 0 Å². The van der Waals surface area contributed by atoms with Crippen LogP contribution < -0.4 is 0 Å². The number of pyridine rings is 1. The number of aryl methyl sites for hydroxylation is 2. The fourth-order valence-corrected chi connectivity index (χ4v) is 3.77. The van der Waals surface area contributed by atoms with Gasteiger partial charge in [-0.15, -0.1) is 0 Å². The van der Waals surface area contributed by atoms with E-state index in [0.717, 1.165) is 11.4 Å². The second-order valence-corrected chi connectivity index (χ2v) is 6.84. The Hall–Kier alpha value is -1.67. The molecule has 1 saturated heterocycles. The number of hydrogen-bond donors (Lipinski definition) is 0. The molecular weight excluding hydrogens is 280 g/mol. The van der Waals surface area contributed by atoms with Crippen molar-refractivity contribution < 1.29 is 0 Å². The van der Waals surface area contributed by atoms with Gasteiger partial charge in [-0.05, 0) is 76.0 Å². The Bertz CT molecular complexity index is 595. The van der Waals surface area contributed by atoms with Crippen molar-refractivity contribution in [2.45, 2.75) is 45.4 Å². The lowest BCUT2D eigenvalue weighted by molar-refractivity contribution is 0.223. The van der Waals surface area contributed by atoms with Gasteiger partial charge in [-0.2, -0.15) is 0 Å². The lowest BCUT2D eigenvalue weighted by Gasteiger charge is -2.28. The number of hydrogen-bond acceptors (Lipinski definition) is 2. The number of nitrogens with zero attached hydrogens (tertiary/aromatic N) is 2. The van der Waals surface area contributed by atoms with Gasteiger partial charge in [0.2, 0.25) is 0 Å². The van der Waals surface area contributed by atoms with Gasteiger partial charge in [-0.25, -0.2) is 0 Å². The minimum absolute atomic E-state index is 0.471. The Morgan fingerprint density at radius 1 is 0.913 bits per heavy atom. The summed E-state index contributed by atoms with van der Waals surface area (Å²) in [6.07, 6.45) is 5.32. The van der Waals surface area contributed by atoms with Crippen LogP contribution in [-0.4, -0.2) is 29.5 Å². The molecule has 2 aromatic rings. The molecule has 0 saturated carbocycles. The average Bonchev–Trinajstić information content (AvgIpc) is 2.56. The van der Waals surface area contributed by atoms with Crippen molar-refractivity contribution in [1.82, 2.24) is 9.88 Å². The molecule has 2 nitrogen and oxygen atoms in total. The first-order chi connectivity index (χ1) is 11.2. The van der Waals surface area contributed by atoms with Gasteiger partial charge in [-0.1, -0.05) is 36.8 Å². The van der Waals surface area contributed by atoms with Crippen molar-refractivity contribution >= 4 is 0 Å². The third-order valence-corrected chi connectivity index (χ3v) is 4.89. The molecule has 1 atom stereocenters. The SMILES string of the molecule is Cc1cc(C(CCN2CCCCC2)c2ccccc2)cc(C)n1. The van der Waals surface area contributed by atoms with E-state index >= 15 is 0 Å². The summed E-state index contributed by atoms with van der Waals surface area (Å²) in [5, 5.41) is 0. The van der Waals surface area contributed by atoms with E-state index in [1.807, 2.05) is 0 Å². The summed E-state index contributed by atoms with van der Waals surface area (Å²) in [5.41, 5.74) is 5.09. The summed E-state index contributed by atoms with van der Waals surface area (Å²) in [7, 11) is 0. The Morgan fingerprint density at radius 3 is 2.22 bits per heavy atom. The molecule has 0 N–H and O–H groups in total. The molecule has 0 amide bonds. The van der Waals surface area contributed by atoms with Gasteiger partial charge in [0.1, 0.15) is 0 Å². The van der Waals surface area contributed by atoms with E-state index in [4.69, 9.17) is 0 Å². The van der Waals surface area contributed by atoms with Crippen LogP contribution in [-0.2, 0) is 0 Å². The standard InChI is InChI=1S/C21H28N2/c1-17-15-20(16-18(2)22-17)21(19-9-5-3-6-10-19)11-14-23-12-7-4-8-13-23/h3,5-6,9-10,15-16,21H,4,7-8,11-14H2,1-2H3. The van der Waals surface area contributed by atoms with Crippen LogP contribution in [0.25, 0.3) is 0 Å². The van der Waals surface area contributed by atoms with E-state index in [1.54, 1.807) is 0 Å². The van der Waals surface area contributed by atoms with Gasteiger partial charge >= 0.3 is 0 Å². The zero-order valence-corrected chi connectivity index (χ0v) is 14.5. The molecule has 23 heavy (non-hydrogen) atoms. The minimum Gasteiger partial charge on any atom is -0.303 e. The van der Waals surface area contributed by atoms with Crippen LogP contribution in [0.3, 0.4) is 0 Å². The molecule has 3 rings (SSSR count). The zero-order valence-electron chi connectivity index (χ0n) is 14.5. The molecule has 0 radical (unpaired) electrons. The van der Waals surface area contributed by atoms with E-state index in [2.05, 4.69) is 66.2 Å². The minimum atomic E-state index is 0.471. The number of piperidine rings is 1. The highest BCUT2D eigenvalue weighted by Crippen LogP contribution is 2.29. The van der Waals surface area contributed by atoms with E-state index < -0.39 is 0 Å².